The second kappa shape index (κ2) is 9.29. The maximum atomic E-state index is 8.70. The van der Waals surface area contributed by atoms with Crippen LogP contribution in [-0.2, 0) is 6.54 Å². The van der Waals surface area contributed by atoms with Crippen molar-refractivity contribution in [1.29, 1.82) is 0 Å². The van der Waals surface area contributed by atoms with Crippen LogP contribution in [0.5, 0.6) is 0 Å². The number of aliphatic hydroxyl groups is 1. The lowest BCUT2D eigenvalue weighted by Gasteiger charge is -2.07. The molecule has 0 aliphatic heterocycles. The monoisotopic (exact) mass is 273 g/mol. The Labute approximate surface area is 113 Å². The molecule has 7 heteroatoms. The van der Waals surface area contributed by atoms with Crippen molar-refractivity contribution >= 4 is 11.8 Å². The molecular weight excluding hydrogens is 250 g/mol. The molecule has 104 valence electrons. The summed E-state index contributed by atoms with van der Waals surface area (Å²) in [6.07, 6.45) is 1.82. The van der Waals surface area contributed by atoms with E-state index < -0.39 is 0 Å². The third-order valence-corrected chi connectivity index (χ3v) is 3.38. The Morgan fingerprint density at radius 3 is 2.94 bits per heavy atom. The molecule has 0 saturated carbocycles. The van der Waals surface area contributed by atoms with E-state index in [-0.39, 0.29) is 6.61 Å². The highest BCUT2D eigenvalue weighted by atomic mass is 32.2. The molecule has 2 N–H and O–H groups in total. The summed E-state index contributed by atoms with van der Waals surface area (Å²) in [4.78, 5) is 0. The number of hydrogen-bond donors (Lipinski definition) is 2. The summed E-state index contributed by atoms with van der Waals surface area (Å²) in [5.41, 5.74) is 0. The molecule has 18 heavy (non-hydrogen) atoms. The van der Waals surface area contributed by atoms with Crippen molar-refractivity contribution in [2.24, 2.45) is 5.92 Å². The Morgan fingerprint density at radius 1 is 1.39 bits per heavy atom. The van der Waals surface area contributed by atoms with Gasteiger partial charge in [-0.05, 0) is 35.7 Å². The highest BCUT2D eigenvalue weighted by Gasteiger charge is 2.05. The largest absolute Gasteiger partial charge is 0.396 e. The Morgan fingerprint density at radius 2 is 2.22 bits per heavy atom. The van der Waals surface area contributed by atoms with Gasteiger partial charge in [-0.1, -0.05) is 25.6 Å². The molecule has 0 bridgehead atoms. The number of tetrazole rings is 1. The van der Waals surface area contributed by atoms with E-state index in [1.54, 1.807) is 11.8 Å². The van der Waals surface area contributed by atoms with E-state index in [9.17, 15) is 0 Å². The number of rotatable bonds is 10. The summed E-state index contributed by atoms with van der Waals surface area (Å²) >= 11 is 1.65. The Kier molecular flexibility index (Phi) is 7.95. The maximum Gasteiger partial charge on any atom is 0.209 e. The fraction of sp³-hybridized carbons (Fsp3) is 0.909. The minimum atomic E-state index is 0.255. The molecule has 0 aromatic carbocycles. The molecule has 0 atom stereocenters. The van der Waals surface area contributed by atoms with Gasteiger partial charge in [-0.25, -0.2) is 4.68 Å². The van der Waals surface area contributed by atoms with Crippen molar-refractivity contribution in [3.63, 3.8) is 0 Å². The predicted molar refractivity (Wildman–Crippen MR) is 72.6 cm³/mol. The van der Waals surface area contributed by atoms with Gasteiger partial charge in [-0.3, -0.25) is 0 Å². The number of aromatic nitrogens is 4. The van der Waals surface area contributed by atoms with Gasteiger partial charge in [0, 0.05) is 18.9 Å². The maximum absolute atomic E-state index is 8.70. The molecule has 1 heterocycles. The number of thioether (sulfide) groups is 1. The molecule has 1 aromatic rings. The van der Waals surface area contributed by atoms with Crippen molar-refractivity contribution in [1.82, 2.24) is 25.5 Å². The van der Waals surface area contributed by atoms with Gasteiger partial charge < -0.3 is 10.4 Å². The molecule has 0 fully saturated rings. The molecule has 1 rings (SSSR count). The molecule has 0 aliphatic rings. The van der Waals surface area contributed by atoms with Crippen LogP contribution in [0.1, 0.15) is 26.7 Å². The van der Waals surface area contributed by atoms with E-state index in [1.165, 1.54) is 0 Å². The molecule has 0 aliphatic carbocycles. The number of aliphatic hydroxyl groups excluding tert-OH is 1. The summed E-state index contributed by atoms with van der Waals surface area (Å²) in [7, 11) is 0. The van der Waals surface area contributed by atoms with Crippen LogP contribution in [0.15, 0.2) is 5.16 Å². The minimum Gasteiger partial charge on any atom is -0.396 e. The minimum absolute atomic E-state index is 0.255. The normalized spacial score (nSPS) is 11.3. The lowest BCUT2D eigenvalue weighted by Crippen LogP contribution is -2.24. The average Bonchev–Trinajstić information content (AvgIpc) is 2.78. The zero-order valence-corrected chi connectivity index (χ0v) is 12.0. The molecule has 0 spiro atoms. The molecule has 0 amide bonds. The van der Waals surface area contributed by atoms with Crippen molar-refractivity contribution < 1.29 is 5.11 Å². The molecule has 0 unspecified atom stereocenters. The third-order valence-electron chi connectivity index (χ3n) is 2.34. The van der Waals surface area contributed by atoms with E-state index in [4.69, 9.17) is 5.11 Å². The van der Waals surface area contributed by atoms with Gasteiger partial charge in [0.1, 0.15) is 0 Å². The first kappa shape index (κ1) is 15.4. The van der Waals surface area contributed by atoms with E-state index in [1.807, 2.05) is 4.68 Å². The molecule has 0 radical (unpaired) electrons. The van der Waals surface area contributed by atoms with Crippen LogP contribution in [-0.4, -0.2) is 50.8 Å². The highest BCUT2D eigenvalue weighted by molar-refractivity contribution is 7.99. The zero-order valence-electron chi connectivity index (χ0n) is 11.2. The van der Waals surface area contributed by atoms with Gasteiger partial charge in [0.2, 0.25) is 5.16 Å². The van der Waals surface area contributed by atoms with Crippen LogP contribution < -0.4 is 5.32 Å². The Bertz CT molecular complexity index is 318. The van der Waals surface area contributed by atoms with Gasteiger partial charge in [0.15, 0.2) is 0 Å². The number of nitrogens with zero attached hydrogens (tertiary/aromatic N) is 4. The van der Waals surface area contributed by atoms with E-state index in [0.717, 1.165) is 43.4 Å². The average molecular weight is 273 g/mol. The van der Waals surface area contributed by atoms with Crippen LogP contribution >= 0.6 is 11.8 Å². The lowest BCUT2D eigenvalue weighted by atomic mass is 10.2. The van der Waals surface area contributed by atoms with Gasteiger partial charge in [0.25, 0.3) is 0 Å². The van der Waals surface area contributed by atoms with Crippen LogP contribution in [0.4, 0.5) is 0 Å². The summed E-state index contributed by atoms with van der Waals surface area (Å²) in [6, 6.07) is 0. The van der Waals surface area contributed by atoms with Gasteiger partial charge in [-0.2, -0.15) is 0 Å². The molecule has 6 nitrogen and oxygen atoms in total. The smallest absolute Gasteiger partial charge is 0.209 e. The predicted octanol–water partition coefficient (Wildman–Crippen LogP) is 0.783. The SMILES string of the molecule is CC(C)CNCCn1nnnc1SCCCCO. The second-order valence-corrected chi connectivity index (χ2v) is 5.62. The van der Waals surface area contributed by atoms with E-state index in [2.05, 4.69) is 34.7 Å². The summed E-state index contributed by atoms with van der Waals surface area (Å²) in [5.74, 6) is 1.60. The standard InChI is InChI=1S/C11H23N5OS/c1-10(2)9-12-5-6-16-11(13-14-15-16)18-8-4-3-7-17/h10,12,17H,3-9H2,1-2H3. The fourth-order valence-electron chi connectivity index (χ4n) is 1.39. The van der Waals surface area contributed by atoms with E-state index in [0.29, 0.717) is 5.92 Å². The molecular formula is C11H23N5OS. The summed E-state index contributed by atoms with van der Waals surface area (Å²) < 4.78 is 1.83. The topological polar surface area (TPSA) is 75.9 Å². The van der Waals surface area contributed by atoms with Gasteiger partial charge >= 0.3 is 0 Å². The van der Waals surface area contributed by atoms with Crippen molar-refractivity contribution in [2.45, 2.75) is 38.4 Å². The van der Waals surface area contributed by atoms with Crippen molar-refractivity contribution in [3.8, 4) is 0 Å². The second-order valence-electron chi connectivity index (χ2n) is 4.56. The molecule has 1 aromatic heterocycles. The fourth-order valence-corrected chi connectivity index (χ4v) is 2.30. The summed E-state index contributed by atoms with van der Waals surface area (Å²) in [5, 5.41) is 24.6. The Balaban J connectivity index is 2.22. The number of nitrogens with one attached hydrogen (secondary N) is 1. The van der Waals surface area contributed by atoms with Gasteiger partial charge in [-0.15, -0.1) is 5.10 Å². The van der Waals surface area contributed by atoms with Crippen LogP contribution in [0.3, 0.4) is 0 Å². The third kappa shape index (κ3) is 6.32. The summed E-state index contributed by atoms with van der Waals surface area (Å²) in [6.45, 7) is 7.32. The first-order valence-corrected chi connectivity index (χ1v) is 7.43. The molecule has 0 saturated heterocycles. The highest BCUT2D eigenvalue weighted by Crippen LogP contribution is 2.14. The quantitative estimate of drug-likeness (QED) is 0.485. The number of hydrogen-bond acceptors (Lipinski definition) is 6. The number of unbranched alkanes of at least 4 members (excludes halogenated alkanes) is 1. The van der Waals surface area contributed by atoms with Crippen LogP contribution in [0, 0.1) is 5.92 Å². The van der Waals surface area contributed by atoms with Gasteiger partial charge in [0.05, 0.1) is 6.54 Å². The van der Waals surface area contributed by atoms with Crippen LogP contribution in [0.25, 0.3) is 0 Å². The first-order chi connectivity index (χ1) is 8.74. The first-order valence-electron chi connectivity index (χ1n) is 6.44. The lowest BCUT2D eigenvalue weighted by molar-refractivity contribution is 0.287. The Hall–Kier alpha value is -0.660. The zero-order chi connectivity index (χ0) is 13.2. The van der Waals surface area contributed by atoms with E-state index >= 15 is 0 Å². The van der Waals surface area contributed by atoms with Crippen molar-refractivity contribution in [3.05, 3.63) is 0 Å². The van der Waals surface area contributed by atoms with Crippen LogP contribution in [0.2, 0.25) is 0 Å². The van der Waals surface area contributed by atoms with Crippen molar-refractivity contribution in [2.75, 3.05) is 25.4 Å².